The van der Waals surface area contributed by atoms with Crippen LogP contribution in [0.25, 0.3) is 0 Å². The Morgan fingerprint density at radius 2 is 1.71 bits per heavy atom. The molecule has 0 radical (unpaired) electrons. The van der Waals surface area contributed by atoms with Gasteiger partial charge in [0.1, 0.15) is 23.5 Å². The molecule has 0 bridgehead atoms. The molecule has 0 spiro atoms. The molecule has 0 aliphatic heterocycles. The molecule has 0 aromatic heterocycles. The van der Waals surface area contributed by atoms with Crippen LogP contribution in [-0.2, 0) is 16.0 Å². The first kappa shape index (κ1) is 17.5. The van der Waals surface area contributed by atoms with Crippen molar-refractivity contribution in [3.8, 4) is 0 Å². The van der Waals surface area contributed by atoms with Gasteiger partial charge in [0.25, 0.3) is 5.91 Å². The Hall–Kier alpha value is -2.83. The zero-order valence-electron chi connectivity index (χ0n) is 12.7. The zero-order chi connectivity index (χ0) is 17.7. The van der Waals surface area contributed by atoms with Gasteiger partial charge < -0.3 is 10.1 Å². The lowest BCUT2D eigenvalue weighted by Crippen LogP contribution is -2.43. The third-order valence-corrected chi connectivity index (χ3v) is 3.24. The Bertz CT molecular complexity index is 744. The van der Waals surface area contributed by atoms with E-state index < -0.39 is 35.4 Å². The van der Waals surface area contributed by atoms with Crippen molar-refractivity contribution in [1.29, 1.82) is 0 Å². The zero-order valence-corrected chi connectivity index (χ0v) is 12.7. The highest BCUT2D eigenvalue weighted by molar-refractivity contribution is 5.96. The van der Waals surface area contributed by atoms with Gasteiger partial charge in [-0.2, -0.15) is 0 Å². The fourth-order valence-corrected chi connectivity index (χ4v) is 2.16. The summed E-state index contributed by atoms with van der Waals surface area (Å²) in [5.41, 5.74) is 0.178. The topological polar surface area (TPSA) is 55.4 Å². The molecule has 1 atom stereocenters. The fraction of sp³-hybridized carbons (Fsp3) is 0.176. The summed E-state index contributed by atoms with van der Waals surface area (Å²) in [5.74, 6) is -3.93. The first-order chi connectivity index (χ1) is 11.4. The van der Waals surface area contributed by atoms with Crippen molar-refractivity contribution in [3.05, 3.63) is 71.0 Å². The van der Waals surface area contributed by atoms with Gasteiger partial charge in [0, 0.05) is 18.1 Å². The summed E-state index contributed by atoms with van der Waals surface area (Å²) in [6, 6.07) is 6.67. The SMILES string of the molecule is COC(=O)[C@@H](Cc1cccc(F)c1)NC(=O)c1cc(F)cc(F)c1. The van der Waals surface area contributed by atoms with Crippen LogP contribution in [0.5, 0.6) is 0 Å². The number of hydrogen-bond donors (Lipinski definition) is 1. The van der Waals surface area contributed by atoms with Crippen molar-refractivity contribution in [2.45, 2.75) is 12.5 Å². The molecule has 24 heavy (non-hydrogen) atoms. The molecule has 0 aliphatic carbocycles. The number of carbonyl (C=O) groups is 2. The Morgan fingerprint density at radius 1 is 1.04 bits per heavy atom. The Morgan fingerprint density at radius 3 is 2.29 bits per heavy atom. The number of esters is 1. The maximum Gasteiger partial charge on any atom is 0.328 e. The third-order valence-electron chi connectivity index (χ3n) is 3.24. The quantitative estimate of drug-likeness (QED) is 0.854. The molecule has 0 aliphatic rings. The van der Waals surface area contributed by atoms with Crippen LogP contribution in [0, 0.1) is 17.5 Å². The smallest absolute Gasteiger partial charge is 0.328 e. The second-order valence-corrected chi connectivity index (χ2v) is 5.04. The third kappa shape index (κ3) is 4.58. The van der Waals surface area contributed by atoms with E-state index in [4.69, 9.17) is 0 Å². The molecular weight excluding hydrogens is 323 g/mol. The minimum atomic E-state index is -1.13. The van der Waals surface area contributed by atoms with Crippen LogP contribution in [0.4, 0.5) is 13.2 Å². The van der Waals surface area contributed by atoms with E-state index in [0.717, 1.165) is 19.2 Å². The predicted octanol–water partition coefficient (Wildman–Crippen LogP) is 2.62. The molecule has 7 heteroatoms. The lowest BCUT2D eigenvalue weighted by molar-refractivity contribution is -0.142. The van der Waals surface area contributed by atoms with Gasteiger partial charge in [-0.25, -0.2) is 18.0 Å². The van der Waals surface area contributed by atoms with Crippen molar-refractivity contribution < 1.29 is 27.5 Å². The highest BCUT2D eigenvalue weighted by atomic mass is 19.1. The van der Waals surface area contributed by atoms with Crippen molar-refractivity contribution in [2.24, 2.45) is 0 Å². The number of ether oxygens (including phenoxy) is 1. The lowest BCUT2D eigenvalue weighted by atomic mass is 10.1. The molecule has 2 aromatic carbocycles. The molecule has 4 nitrogen and oxygen atoms in total. The Kier molecular flexibility index (Phi) is 5.57. The van der Waals surface area contributed by atoms with E-state index in [9.17, 15) is 22.8 Å². The van der Waals surface area contributed by atoms with Gasteiger partial charge in [-0.3, -0.25) is 4.79 Å². The predicted molar refractivity (Wildman–Crippen MR) is 79.7 cm³/mol. The lowest BCUT2D eigenvalue weighted by Gasteiger charge is -2.17. The summed E-state index contributed by atoms with van der Waals surface area (Å²) in [7, 11) is 1.13. The second kappa shape index (κ2) is 7.63. The highest BCUT2D eigenvalue weighted by Crippen LogP contribution is 2.11. The van der Waals surface area contributed by atoms with Crippen LogP contribution >= 0.6 is 0 Å². The molecular formula is C17H14F3NO3. The number of hydrogen-bond acceptors (Lipinski definition) is 3. The van der Waals surface area contributed by atoms with E-state index in [2.05, 4.69) is 10.1 Å². The van der Waals surface area contributed by atoms with Crippen LogP contribution in [0.15, 0.2) is 42.5 Å². The van der Waals surface area contributed by atoms with E-state index in [1.165, 1.54) is 18.2 Å². The molecule has 0 unspecified atom stereocenters. The van der Waals surface area contributed by atoms with Gasteiger partial charge in [0.05, 0.1) is 7.11 Å². The summed E-state index contributed by atoms with van der Waals surface area (Å²) in [4.78, 5) is 23.9. The summed E-state index contributed by atoms with van der Waals surface area (Å²) < 4.78 is 44.2. The molecule has 1 amide bonds. The highest BCUT2D eigenvalue weighted by Gasteiger charge is 2.23. The van der Waals surface area contributed by atoms with Crippen LogP contribution in [0.1, 0.15) is 15.9 Å². The Balaban J connectivity index is 2.19. The minimum Gasteiger partial charge on any atom is -0.467 e. The van der Waals surface area contributed by atoms with Gasteiger partial charge in [0.15, 0.2) is 0 Å². The first-order valence-electron chi connectivity index (χ1n) is 6.98. The van der Waals surface area contributed by atoms with Gasteiger partial charge in [-0.05, 0) is 29.8 Å². The average Bonchev–Trinajstić information content (AvgIpc) is 2.52. The maximum absolute atomic E-state index is 13.2. The number of nitrogens with one attached hydrogen (secondary N) is 1. The number of carbonyl (C=O) groups excluding carboxylic acids is 2. The van der Waals surface area contributed by atoms with Crippen molar-refractivity contribution in [2.75, 3.05) is 7.11 Å². The van der Waals surface area contributed by atoms with Gasteiger partial charge in [-0.15, -0.1) is 0 Å². The normalized spacial score (nSPS) is 11.7. The van der Waals surface area contributed by atoms with Crippen LogP contribution in [0.2, 0.25) is 0 Å². The maximum atomic E-state index is 13.2. The molecule has 2 rings (SSSR count). The number of methoxy groups -OCH3 is 1. The summed E-state index contributed by atoms with van der Waals surface area (Å²) in [6.45, 7) is 0. The van der Waals surface area contributed by atoms with Crippen molar-refractivity contribution >= 4 is 11.9 Å². The van der Waals surface area contributed by atoms with E-state index in [0.29, 0.717) is 11.6 Å². The van der Waals surface area contributed by atoms with E-state index in [1.807, 2.05) is 0 Å². The van der Waals surface area contributed by atoms with Gasteiger partial charge in [-0.1, -0.05) is 12.1 Å². The number of rotatable bonds is 5. The summed E-state index contributed by atoms with van der Waals surface area (Å²) in [6.07, 6.45) is -0.0338. The van der Waals surface area contributed by atoms with Crippen LogP contribution in [0.3, 0.4) is 0 Å². The second-order valence-electron chi connectivity index (χ2n) is 5.04. The van der Waals surface area contributed by atoms with E-state index in [-0.39, 0.29) is 12.0 Å². The standard InChI is InChI=1S/C17H14F3NO3/c1-24-17(23)15(6-10-3-2-4-12(18)5-10)21-16(22)11-7-13(19)9-14(20)8-11/h2-5,7-9,15H,6H2,1H3,(H,21,22)/t15-/m1/s1. The number of benzene rings is 2. The monoisotopic (exact) mass is 337 g/mol. The average molecular weight is 337 g/mol. The number of amides is 1. The largest absolute Gasteiger partial charge is 0.467 e. The molecule has 1 N–H and O–H groups in total. The molecule has 0 saturated heterocycles. The van der Waals surface area contributed by atoms with Gasteiger partial charge >= 0.3 is 5.97 Å². The number of halogens is 3. The van der Waals surface area contributed by atoms with Crippen LogP contribution in [-0.4, -0.2) is 25.0 Å². The van der Waals surface area contributed by atoms with Gasteiger partial charge in [0.2, 0.25) is 0 Å². The summed E-state index contributed by atoms with van der Waals surface area (Å²) >= 11 is 0. The minimum absolute atomic E-state index is 0.0338. The molecule has 0 fully saturated rings. The molecule has 0 saturated carbocycles. The first-order valence-corrected chi connectivity index (χ1v) is 6.98. The van der Waals surface area contributed by atoms with E-state index >= 15 is 0 Å². The molecule has 126 valence electrons. The molecule has 2 aromatic rings. The summed E-state index contributed by atoms with van der Waals surface area (Å²) in [5, 5.41) is 2.34. The van der Waals surface area contributed by atoms with Crippen molar-refractivity contribution in [3.63, 3.8) is 0 Å². The van der Waals surface area contributed by atoms with Crippen LogP contribution < -0.4 is 5.32 Å². The Labute approximate surface area is 136 Å². The molecule has 0 heterocycles. The fourth-order valence-electron chi connectivity index (χ4n) is 2.16. The van der Waals surface area contributed by atoms with Crippen molar-refractivity contribution in [1.82, 2.24) is 5.32 Å². The van der Waals surface area contributed by atoms with E-state index in [1.54, 1.807) is 6.07 Å².